The molecule has 0 unspecified atom stereocenters. The van der Waals surface area contributed by atoms with Crippen molar-refractivity contribution in [2.45, 2.75) is 11.9 Å². The van der Waals surface area contributed by atoms with Crippen LogP contribution in [0.1, 0.15) is 16.2 Å². The molecule has 0 aliphatic heterocycles. The fraction of sp³-hybridized carbons (Fsp3) is 0.286. The maximum absolute atomic E-state index is 11.0. The molecule has 0 spiro atoms. The van der Waals surface area contributed by atoms with Gasteiger partial charge in [-0.05, 0) is 18.7 Å². The Morgan fingerprint density at radius 3 is 2.92 bits per heavy atom. The van der Waals surface area contributed by atoms with E-state index in [1.165, 1.54) is 11.8 Å². The number of hydrogen-bond donors (Lipinski definition) is 2. The summed E-state index contributed by atoms with van der Waals surface area (Å²) < 4.78 is 0. The fourth-order valence-electron chi connectivity index (χ4n) is 0.807. The van der Waals surface area contributed by atoms with E-state index in [2.05, 4.69) is 9.97 Å². The van der Waals surface area contributed by atoms with E-state index in [-0.39, 0.29) is 5.82 Å². The van der Waals surface area contributed by atoms with Crippen molar-refractivity contribution in [2.24, 2.45) is 5.84 Å². The smallest absolute Gasteiger partial charge is 0.287 e. The Balaban J connectivity index is 3.06. The minimum atomic E-state index is -0.477. The van der Waals surface area contributed by atoms with Gasteiger partial charge in [0.25, 0.3) is 0 Å². The Bertz CT molecular complexity index is 328. The molecule has 6 heteroatoms. The second-order valence-electron chi connectivity index (χ2n) is 2.36. The first-order valence-electron chi connectivity index (χ1n) is 3.57. The highest BCUT2D eigenvalue weighted by atomic mass is 32.2. The topological polar surface area (TPSA) is 80.9 Å². The van der Waals surface area contributed by atoms with E-state index in [0.29, 0.717) is 0 Å². The van der Waals surface area contributed by atoms with Crippen molar-refractivity contribution in [2.75, 3.05) is 6.26 Å². The molecule has 0 atom stereocenters. The molecule has 70 valence electrons. The highest BCUT2D eigenvalue weighted by Gasteiger charge is 2.09. The number of nitrogens with one attached hydrogen (secondary N) is 1. The van der Waals surface area contributed by atoms with Crippen LogP contribution in [0.4, 0.5) is 0 Å². The lowest BCUT2D eigenvalue weighted by atomic mass is 10.4. The van der Waals surface area contributed by atoms with Crippen LogP contribution in [0.15, 0.2) is 11.2 Å². The minimum absolute atomic E-state index is 0.0949. The van der Waals surface area contributed by atoms with Crippen molar-refractivity contribution >= 4 is 17.7 Å². The SMILES string of the molecule is CSc1nc(C(=O)NN)ncc1C. The molecule has 3 N–H and O–H groups in total. The van der Waals surface area contributed by atoms with Gasteiger partial charge >= 0.3 is 5.91 Å². The van der Waals surface area contributed by atoms with E-state index in [4.69, 9.17) is 5.84 Å². The zero-order chi connectivity index (χ0) is 9.84. The molecule has 1 aromatic heterocycles. The Hall–Kier alpha value is -1.14. The first-order valence-corrected chi connectivity index (χ1v) is 4.80. The Kier molecular flexibility index (Phi) is 3.21. The number of rotatable bonds is 2. The van der Waals surface area contributed by atoms with Gasteiger partial charge in [0.2, 0.25) is 5.82 Å². The molecule has 0 radical (unpaired) electrons. The number of hydrazine groups is 1. The molecular formula is C7H10N4OS. The van der Waals surface area contributed by atoms with Gasteiger partial charge in [-0.3, -0.25) is 10.2 Å². The van der Waals surface area contributed by atoms with Crippen LogP contribution in [0, 0.1) is 6.92 Å². The van der Waals surface area contributed by atoms with E-state index >= 15 is 0 Å². The van der Waals surface area contributed by atoms with Crippen LogP contribution in [0.5, 0.6) is 0 Å². The maximum Gasteiger partial charge on any atom is 0.302 e. The summed E-state index contributed by atoms with van der Waals surface area (Å²) in [6.07, 6.45) is 3.49. The number of hydrogen-bond acceptors (Lipinski definition) is 5. The molecule has 1 heterocycles. The van der Waals surface area contributed by atoms with Gasteiger partial charge < -0.3 is 0 Å². The van der Waals surface area contributed by atoms with Crippen molar-refractivity contribution in [3.05, 3.63) is 17.6 Å². The first-order chi connectivity index (χ1) is 6.19. The lowest BCUT2D eigenvalue weighted by Gasteiger charge is -2.02. The molecular weight excluding hydrogens is 188 g/mol. The van der Waals surface area contributed by atoms with Gasteiger partial charge in [-0.2, -0.15) is 0 Å². The standard InChI is InChI=1S/C7H10N4OS/c1-4-3-9-5(6(12)11-8)10-7(4)13-2/h3H,8H2,1-2H3,(H,11,12). The number of amides is 1. The van der Waals surface area contributed by atoms with E-state index in [1.54, 1.807) is 6.20 Å². The zero-order valence-electron chi connectivity index (χ0n) is 7.37. The summed E-state index contributed by atoms with van der Waals surface area (Å²) in [5.74, 6) is 4.57. The average molecular weight is 198 g/mol. The van der Waals surface area contributed by atoms with Crippen LogP contribution in [0.3, 0.4) is 0 Å². The molecule has 0 aliphatic carbocycles. The minimum Gasteiger partial charge on any atom is -0.287 e. The van der Waals surface area contributed by atoms with Crippen LogP contribution in [-0.2, 0) is 0 Å². The summed E-state index contributed by atoms with van der Waals surface area (Å²) in [6.45, 7) is 1.88. The number of nitrogens with zero attached hydrogens (tertiary/aromatic N) is 2. The van der Waals surface area contributed by atoms with Crippen molar-refractivity contribution in [3.8, 4) is 0 Å². The quantitative estimate of drug-likeness (QED) is 0.232. The fourth-order valence-corrected chi connectivity index (χ4v) is 1.36. The van der Waals surface area contributed by atoms with Crippen LogP contribution in [0.25, 0.3) is 0 Å². The van der Waals surface area contributed by atoms with E-state index in [1.807, 2.05) is 18.6 Å². The maximum atomic E-state index is 11.0. The van der Waals surface area contributed by atoms with Crippen molar-refractivity contribution in [3.63, 3.8) is 0 Å². The Morgan fingerprint density at radius 2 is 2.38 bits per heavy atom. The number of nitrogen functional groups attached to an aromatic ring is 1. The molecule has 0 aromatic carbocycles. The second-order valence-corrected chi connectivity index (χ2v) is 3.15. The second kappa shape index (κ2) is 4.20. The molecule has 1 rings (SSSR count). The van der Waals surface area contributed by atoms with Gasteiger partial charge in [0.1, 0.15) is 5.03 Å². The van der Waals surface area contributed by atoms with Crippen LogP contribution in [-0.4, -0.2) is 22.1 Å². The number of carbonyl (C=O) groups is 1. The van der Waals surface area contributed by atoms with E-state index in [0.717, 1.165) is 10.6 Å². The molecule has 0 saturated carbocycles. The highest BCUT2D eigenvalue weighted by molar-refractivity contribution is 7.98. The third-order valence-corrected chi connectivity index (χ3v) is 2.25. The largest absolute Gasteiger partial charge is 0.302 e. The van der Waals surface area contributed by atoms with Gasteiger partial charge in [-0.1, -0.05) is 0 Å². The molecule has 0 fully saturated rings. The van der Waals surface area contributed by atoms with Crippen molar-refractivity contribution in [1.29, 1.82) is 0 Å². The highest BCUT2D eigenvalue weighted by Crippen LogP contribution is 2.15. The number of aromatic nitrogens is 2. The summed E-state index contributed by atoms with van der Waals surface area (Å²) in [6, 6.07) is 0. The molecule has 0 aliphatic rings. The van der Waals surface area contributed by atoms with Gasteiger partial charge in [-0.25, -0.2) is 15.8 Å². The van der Waals surface area contributed by atoms with Gasteiger partial charge in [0.05, 0.1) is 0 Å². The molecule has 0 saturated heterocycles. The lowest BCUT2D eigenvalue weighted by molar-refractivity contribution is 0.0942. The molecule has 1 aromatic rings. The Morgan fingerprint density at radius 1 is 1.69 bits per heavy atom. The summed E-state index contributed by atoms with van der Waals surface area (Å²) in [5, 5.41) is 0.786. The monoisotopic (exact) mass is 198 g/mol. The predicted molar refractivity (Wildman–Crippen MR) is 50.2 cm³/mol. The average Bonchev–Trinajstić information content (AvgIpc) is 2.17. The van der Waals surface area contributed by atoms with E-state index < -0.39 is 5.91 Å². The van der Waals surface area contributed by atoms with Crippen LogP contribution in [0.2, 0.25) is 0 Å². The molecule has 0 bridgehead atoms. The Labute approximate surface area is 80.1 Å². The van der Waals surface area contributed by atoms with E-state index in [9.17, 15) is 4.79 Å². The summed E-state index contributed by atoms with van der Waals surface area (Å²) in [5.41, 5.74) is 2.92. The zero-order valence-corrected chi connectivity index (χ0v) is 8.18. The summed E-state index contributed by atoms with van der Waals surface area (Å²) in [4.78, 5) is 18.9. The van der Waals surface area contributed by atoms with Crippen molar-refractivity contribution in [1.82, 2.24) is 15.4 Å². The molecule has 13 heavy (non-hydrogen) atoms. The van der Waals surface area contributed by atoms with Crippen LogP contribution < -0.4 is 11.3 Å². The third-order valence-electron chi connectivity index (χ3n) is 1.45. The predicted octanol–water partition coefficient (Wildman–Crippen LogP) is 0.110. The third kappa shape index (κ3) is 2.16. The van der Waals surface area contributed by atoms with Gasteiger partial charge in [-0.15, -0.1) is 11.8 Å². The number of carbonyl (C=O) groups excluding carboxylic acids is 1. The molecule has 5 nitrogen and oxygen atoms in total. The van der Waals surface area contributed by atoms with Crippen LogP contribution >= 0.6 is 11.8 Å². The summed E-state index contributed by atoms with van der Waals surface area (Å²) >= 11 is 1.47. The van der Waals surface area contributed by atoms with Gasteiger partial charge in [0, 0.05) is 6.20 Å². The van der Waals surface area contributed by atoms with Crippen molar-refractivity contribution < 1.29 is 4.79 Å². The number of nitrogens with two attached hydrogens (primary N) is 1. The number of aryl methyl sites for hydroxylation is 1. The lowest BCUT2D eigenvalue weighted by Crippen LogP contribution is -2.31. The van der Waals surface area contributed by atoms with Gasteiger partial charge in [0.15, 0.2) is 0 Å². The normalized spacial score (nSPS) is 9.77. The summed E-state index contributed by atoms with van der Waals surface area (Å²) in [7, 11) is 0. The molecule has 1 amide bonds. The number of thioether (sulfide) groups is 1. The first kappa shape index (κ1) is 9.94.